The molecule has 0 radical (unpaired) electrons. The maximum Gasteiger partial charge on any atom is 0.224 e. The van der Waals surface area contributed by atoms with Gasteiger partial charge in [0.1, 0.15) is 0 Å². The molecule has 0 bridgehead atoms. The second-order valence-corrected chi connectivity index (χ2v) is 6.84. The molecule has 1 aromatic heterocycles. The van der Waals surface area contributed by atoms with Crippen LogP contribution in [0.1, 0.15) is 38.7 Å². The average Bonchev–Trinajstić information content (AvgIpc) is 3.25. The van der Waals surface area contributed by atoms with Gasteiger partial charge in [0.2, 0.25) is 5.88 Å². The zero-order valence-electron chi connectivity index (χ0n) is 17.6. The van der Waals surface area contributed by atoms with Crippen molar-refractivity contribution in [3.05, 3.63) is 60.3 Å². The number of halogens is 1. The van der Waals surface area contributed by atoms with E-state index in [1.54, 1.807) is 6.20 Å². The van der Waals surface area contributed by atoms with Gasteiger partial charge in [0.05, 0.1) is 13.2 Å². The minimum Gasteiger partial charge on any atom is -0.490 e. The van der Waals surface area contributed by atoms with Crippen molar-refractivity contribution in [3.63, 3.8) is 0 Å². The molecule has 1 aromatic carbocycles. The normalized spacial score (nSPS) is 13.6. The number of nitrogens with one attached hydrogen (secondary N) is 2. The van der Waals surface area contributed by atoms with E-state index in [4.69, 9.17) is 14.5 Å². The molecule has 1 heterocycles. The minimum atomic E-state index is 0. The Kier molecular flexibility index (Phi) is 10.5. The van der Waals surface area contributed by atoms with E-state index in [0.29, 0.717) is 30.8 Å². The summed E-state index contributed by atoms with van der Waals surface area (Å²) in [6, 6.07) is 12.0. The highest BCUT2D eigenvalue weighted by molar-refractivity contribution is 14.0. The fourth-order valence-corrected chi connectivity index (χ4v) is 3.02. The van der Waals surface area contributed by atoms with E-state index in [1.807, 2.05) is 36.4 Å². The van der Waals surface area contributed by atoms with Crippen LogP contribution in [0.15, 0.2) is 59.7 Å². The molecule has 0 saturated carbocycles. The van der Waals surface area contributed by atoms with Gasteiger partial charge in [-0.3, -0.25) is 0 Å². The lowest BCUT2D eigenvalue weighted by Gasteiger charge is -2.17. The summed E-state index contributed by atoms with van der Waals surface area (Å²) in [5, 5.41) is 6.79. The number of para-hydroxylation sites is 2. The molecule has 0 fully saturated rings. The van der Waals surface area contributed by atoms with Crippen LogP contribution >= 0.6 is 24.0 Å². The van der Waals surface area contributed by atoms with Gasteiger partial charge in [0.25, 0.3) is 0 Å². The Morgan fingerprint density at radius 1 is 1.10 bits per heavy atom. The van der Waals surface area contributed by atoms with Crippen molar-refractivity contribution in [3.8, 4) is 17.4 Å². The zero-order chi connectivity index (χ0) is 20.3. The summed E-state index contributed by atoms with van der Waals surface area (Å²) in [6.07, 6.45) is 9.12. The van der Waals surface area contributed by atoms with Crippen LogP contribution in [-0.4, -0.2) is 30.1 Å². The van der Waals surface area contributed by atoms with Crippen molar-refractivity contribution in [2.75, 3.05) is 13.2 Å². The monoisotopic (exact) mass is 522 g/mol. The highest BCUT2D eigenvalue weighted by atomic mass is 127. The molecule has 0 unspecified atom stereocenters. The van der Waals surface area contributed by atoms with Crippen LogP contribution in [0.2, 0.25) is 0 Å². The maximum atomic E-state index is 6.11. The average molecular weight is 522 g/mol. The third-order valence-corrected chi connectivity index (χ3v) is 4.47. The largest absolute Gasteiger partial charge is 0.490 e. The molecule has 2 aromatic rings. The smallest absolute Gasteiger partial charge is 0.224 e. The number of hydrogen-bond donors (Lipinski definition) is 2. The van der Waals surface area contributed by atoms with Crippen molar-refractivity contribution >= 4 is 29.9 Å². The standard InChI is InChI=1S/C23H30N4O2.HI/c1-3-16-28-20-13-7-8-14-21(20)29-22-18(10-9-15-25-22)17-26-23(24-4-2)27-19-11-5-6-12-19;/h5-10,13-15,19H,3-4,11-12,16-17H2,1-2H3,(H2,24,26,27);1H. The number of aliphatic imine (C=N–C) groups is 1. The van der Waals surface area contributed by atoms with Crippen molar-refractivity contribution < 1.29 is 9.47 Å². The van der Waals surface area contributed by atoms with Crippen molar-refractivity contribution in [2.24, 2.45) is 4.99 Å². The molecule has 0 spiro atoms. The third-order valence-electron chi connectivity index (χ3n) is 4.47. The molecule has 30 heavy (non-hydrogen) atoms. The van der Waals surface area contributed by atoms with E-state index in [0.717, 1.165) is 43.1 Å². The van der Waals surface area contributed by atoms with E-state index in [9.17, 15) is 0 Å². The second-order valence-electron chi connectivity index (χ2n) is 6.84. The van der Waals surface area contributed by atoms with E-state index in [1.165, 1.54) is 0 Å². The van der Waals surface area contributed by atoms with Gasteiger partial charge in [-0.05, 0) is 44.4 Å². The summed E-state index contributed by atoms with van der Waals surface area (Å²) in [7, 11) is 0. The zero-order valence-corrected chi connectivity index (χ0v) is 20.0. The number of guanidine groups is 1. The van der Waals surface area contributed by atoms with Crippen molar-refractivity contribution in [2.45, 2.75) is 45.7 Å². The first-order chi connectivity index (χ1) is 14.3. The molecular weight excluding hydrogens is 491 g/mol. The van der Waals surface area contributed by atoms with Gasteiger partial charge in [-0.2, -0.15) is 0 Å². The van der Waals surface area contributed by atoms with Gasteiger partial charge in [0, 0.05) is 24.3 Å². The summed E-state index contributed by atoms with van der Waals surface area (Å²) >= 11 is 0. The molecule has 1 aliphatic rings. The lowest BCUT2D eigenvalue weighted by atomic mass is 10.2. The molecule has 0 amide bonds. The van der Waals surface area contributed by atoms with Crippen LogP contribution < -0.4 is 20.1 Å². The van der Waals surface area contributed by atoms with Gasteiger partial charge in [-0.15, -0.1) is 24.0 Å². The van der Waals surface area contributed by atoms with Gasteiger partial charge >= 0.3 is 0 Å². The first-order valence-corrected chi connectivity index (χ1v) is 10.3. The van der Waals surface area contributed by atoms with Crippen LogP contribution in [0.25, 0.3) is 0 Å². The summed E-state index contributed by atoms with van der Waals surface area (Å²) < 4.78 is 11.9. The number of benzene rings is 1. The molecular formula is C23H31IN4O2. The third kappa shape index (κ3) is 7.19. The number of aromatic nitrogens is 1. The van der Waals surface area contributed by atoms with Crippen molar-refractivity contribution in [1.29, 1.82) is 0 Å². The molecule has 6 nitrogen and oxygen atoms in total. The quantitative estimate of drug-likeness (QED) is 0.209. The second kappa shape index (κ2) is 13.1. The topological polar surface area (TPSA) is 67.8 Å². The van der Waals surface area contributed by atoms with E-state index in [-0.39, 0.29) is 24.0 Å². The number of hydrogen-bond acceptors (Lipinski definition) is 4. The predicted octanol–water partition coefficient (Wildman–Crippen LogP) is 5.05. The lowest BCUT2D eigenvalue weighted by molar-refractivity contribution is 0.300. The summed E-state index contributed by atoms with van der Waals surface area (Å²) in [4.78, 5) is 9.16. The molecule has 7 heteroatoms. The Morgan fingerprint density at radius 2 is 1.87 bits per heavy atom. The Labute approximate surface area is 196 Å². The van der Waals surface area contributed by atoms with Gasteiger partial charge in [0.15, 0.2) is 17.5 Å². The first kappa shape index (κ1) is 24.0. The molecule has 3 rings (SSSR count). The molecule has 162 valence electrons. The Morgan fingerprint density at radius 3 is 2.60 bits per heavy atom. The Bertz CT molecular complexity index is 833. The first-order valence-electron chi connectivity index (χ1n) is 10.3. The fourth-order valence-electron chi connectivity index (χ4n) is 3.02. The Balaban J connectivity index is 0.00000320. The number of pyridine rings is 1. The van der Waals surface area contributed by atoms with Crippen LogP contribution in [-0.2, 0) is 6.54 Å². The van der Waals surface area contributed by atoms with Gasteiger partial charge < -0.3 is 20.1 Å². The number of rotatable bonds is 9. The van der Waals surface area contributed by atoms with Gasteiger partial charge in [-0.25, -0.2) is 9.98 Å². The highest BCUT2D eigenvalue weighted by Crippen LogP contribution is 2.32. The van der Waals surface area contributed by atoms with E-state index >= 15 is 0 Å². The lowest BCUT2D eigenvalue weighted by Crippen LogP contribution is -2.42. The summed E-state index contributed by atoms with van der Waals surface area (Å²) in [5.41, 5.74) is 0.916. The highest BCUT2D eigenvalue weighted by Gasteiger charge is 2.13. The SMILES string of the molecule is CCCOc1ccccc1Oc1ncccc1CN=C(NCC)NC1CC=CC1.I. The summed E-state index contributed by atoms with van der Waals surface area (Å²) in [5.74, 6) is 2.73. The number of nitrogens with zero attached hydrogens (tertiary/aromatic N) is 2. The van der Waals surface area contributed by atoms with E-state index < -0.39 is 0 Å². The fraction of sp³-hybridized carbons (Fsp3) is 0.391. The number of ether oxygens (including phenoxy) is 2. The molecule has 0 aliphatic heterocycles. The van der Waals surface area contributed by atoms with Crippen LogP contribution in [0, 0.1) is 0 Å². The Hall–Kier alpha value is -2.29. The predicted molar refractivity (Wildman–Crippen MR) is 132 cm³/mol. The molecule has 0 atom stereocenters. The minimum absolute atomic E-state index is 0. The maximum absolute atomic E-state index is 6.11. The molecule has 0 saturated heterocycles. The van der Waals surface area contributed by atoms with E-state index in [2.05, 4.69) is 41.6 Å². The van der Waals surface area contributed by atoms with Crippen LogP contribution in [0.4, 0.5) is 0 Å². The molecule has 1 aliphatic carbocycles. The van der Waals surface area contributed by atoms with Crippen molar-refractivity contribution in [1.82, 2.24) is 15.6 Å². The van der Waals surface area contributed by atoms with Gasteiger partial charge in [-0.1, -0.05) is 37.3 Å². The van der Waals surface area contributed by atoms with Crippen LogP contribution in [0.3, 0.4) is 0 Å². The van der Waals surface area contributed by atoms with Crippen LogP contribution in [0.5, 0.6) is 17.4 Å². The molecule has 2 N–H and O–H groups in total. The summed E-state index contributed by atoms with van der Waals surface area (Å²) in [6.45, 7) is 6.07.